The zero-order valence-electron chi connectivity index (χ0n) is 20.5. The van der Waals surface area contributed by atoms with Crippen molar-refractivity contribution in [2.45, 2.75) is 69.6 Å². The van der Waals surface area contributed by atoms with E-state index >= 15 is 0 Å². The second-order valence-electron chi connectivity index (χ2n) is 10.8. The quantitative estimate of drug-likeness (QED) is 0.397. The lowest BCUT2D eigenvalue weighted by atomic mass is 9.73. The normalized spacial score (nSPS) is 18.2. The van der Waals surface area contributed by atoms with Crippen LogP contribution in [0.25, 0.3) is 10.9 Å². The maximum Gasteiger partial charge on any atom is 0.417 e. The Morgan fingerprint density at radius 2 is 1.86 bits per heavy atom. The van der Waals surface area contributed by atoms with Gasteiger partial charge in [-0.25, -0.2) is 4.98 Å². The predicted octanol–water partition coefficient (Wildman–Crippen LogP) is 6.35. The van der Waals surface area contributed by atoms with Gasteiger partial charge in [0.2, 0.25) is 0 Å². The summed E-state index contributed by atoms with van der Waals surface area (Å²) in [4.78, 5) is 9.76. The number of hydrogen-bond acceptors (Lipinski definition) is 4. The lowest BCUT2D eigenvalue weighted by Gasteiger charge is -2.38. The van der Waals surface area contributed by atoms with Crippen LogP contribution in [0, 0.1) is 0 Å². The van der Waals surface area contributed by atoms with Crippen LogP contribution in [0.5, 0.6) is 5.75 Å². The first-order chi connectivity index (χ1) is 17.0. The fourth-order valence-corrected chi connectivity index (χ4v) is 5.89. The molecule has 0 spiro atoms. The van der Waals surface area contributed by atoms with E-state index in [1.54, 1.807) is 38.2 Å². The molecule has 2 aromatic heterocycles. The zero-order chi connectivity index (χ0) is 25.7. The third kappa shape index (κ3) is 4.77. The van der Waals surface area contributed by atoms with E-state index in [1.807, 2.05) is 6.07 Å². The van der Waals surface area contributed by atoms with E-state index in [2.05, 4.69) is 14.9 Å². The first kappa shape index (κ1) is 25.2. The number of halogens is 4. The van der Waals surface area contributed by atoms with Crippen LogP contribution in [0.1, 0.15) is 56.4 Å². The molecular weight excluding hydrogens is 491 g/mol. The first-order valence-corrected chi connectivity index (χ1v) is 12.8. The van der Waals surface area contributed by atoms with E-state index in [0.717, 1.165) is 42.7 Å². The van der Waals surface area contributed by atoms with Gasteiger partial charge < -0.3 is 19.7 Å². The molecule has 4 heterocycles. The highest BCUT2D eigenvalue weighted by Gasteiger charge is 2.56. The number of alkyl halides is 3. The summed E-state index contributed by atoms with van der Waals surface area (Å²) in [5.74, 6) is 1.41. The molecule has 3 aromatic rings. The highest BCUT2D eigenvalue weighted by molar-refractivity contribution is 6.30. The number of pyridine rings is 1. The molecule has 36 heavy (non-hydrogen) atoms. The van der Waals surface area contributed by atoms with Crippen LogP contribution < -0.4 is 9.64 Å². The predicted molar refractivity (Wildman–Crippen MR) is 135 cm³/mol. The SMILES string of the molecule is CC(C)(CC(O)(Cc1cc2cc(N3CCCCC3)ncc2[nH]1)C(F)(F)F)c1cc(Cl)cc2c1OCC2. The van der Waals surface area contributed by atoms with Crippen LogP contribution in [0.4, 0.5) is 19.0 Å². The molecule has 1 fully saturated rings. The first-order valence-electron chi connectivity index (χ1n) is 12.4. The number of piperidine rings is 1. The molecule has 2 aliphatic rings. The summed E-state index contributed by atoms with van der Waals surface area (Å²) in [6.45, 7) is 5.70. The molecule has 194 valence electrons. The van der Waals surface area contributed by atoms with Crippen molar-refractivity contribution >= 4 is 28.3 Å². The molecule has 1 aromatic carbocycles. The number of hydrogen-bond donors (Lipinski definition) is 2. The van der Waals surface area contributed by atoms with Gasteiger partial charge in [-0.2, -0.15) is 13.2 Å². The fraction of sp³-hybridized carbons (Fsp3) is 0.519. The van der Waals surface area contributed by atoms with Gasteiger partial charge in [0, 0.05) is 47.6 Å². The highest BCUT2D eigenvalue weighted by atomic mass is 35.5. The zero-order valence-corrected chi connectivity index (χ0v) is 21.3. The van der Waals surface area contributed by atoms with E-state index < -0.39 is 30.0 Å². The summed E-state index contributed by atoms with van der Waals surface area (Å²) in [7, 11) is 0. The van der Waals surface area contributed by atoms with Crippen LogP contribution in [0.2, 0.25) is 5.02 Å². The average molecular weight is 522 g/mol. The molecule has 0 radical (unpaired) electrons. The summed E-state index contributed by atoms with van der Waals surface area (Å²) in [6.07, 6.45) is -0.272. The average Bonchev–Trinajstić information content (AvgIpc) is 3.43. The van der Waals surface area contributed by atoms with Gasteiger partial charge in [0.15, 0.2) is 5.60 Å². The summed E-state index contributed by atoms with van der Waals surface area (Å²) < 4.78 is 49.0. The van der Waals surface area contributed by atoms with Crippen LogP contribution in [-0.2, 0) is 18.3 Å². The van der Waals surface area contributed by atoms with E-state index in [4.69, 9.17) is 16.3 Å². The molecule has 2 aliphatic heterocycles. The Kier molecular flexibility index (Phi) is 6.40. The van der Waals surface area contributed by atoms with Crippen molar-refractivity contribution in [1.29, 1.82) is 0 Å². The summed E-state index contributed by atoms with van der Waals surface area (Å²) in [5, 5.41) is 12.4. The Balaban J connectivity index is 1.44. The number of aromatic amines is 1. The van der Waals surface area contributed by atoms with Crippen LogP contribution in [0.15, 0.2) is 30.5 Å². The lowest BCUT2D eigenvalue weighted by Crippen LogP contribution is -2.51. The van der Waals surface area contributed by atoms with Gasteiger partial charge in [0.05, 0.1) is 18.3 Å². The van der Waals surface area contributed by atoms with Gasteiger partial charge in [-0.15, -0.1) is 0 Å². The highest BCUT2D eigenvalue weighted by Crippen LogP contribution is 2.47. The number of nitrogens with zero attached hydrogens (tertiary/aromatic N) is 2. The monoisotopic (exact) mass is 521 g/mol. The second-order valence-corrected chi connectivity index (χ2v) is 11.2. The molecule has 0 saturated carbocycles. The van der Waals surface area contributed by atoms with Crippen LogP contribution in [0.3, 0.4) is 0 Å². The van der Waals surface area contributed by atoms with Crippen molar-refractivity contribution in [3.63, 3.8) is 0 Å². The molecule has 5 rings (SSSR count). The number of nitrogens with one attached hydrogen (secondary N) is 1. The van der Waals surface area contributed by atoms with Crippen molar-refractivity contribution in [2.75, 3.05) is 24.6 Å². The molecule has 2 N–H and O–H groups in total. The maximum absolute atomic E-state index is 14.4. The number of fused-ring (bicyclic) bond motifs is 2. The minimum atomic E-state index is -4.85. The van der Waals surface area contributed by atoms with Gasteiger partial charge >= 0.3 is 6.18 Å². The smallest absolute Gasteiger partial charge is 0.417 e. The second kappa shape index (κ2) is 9.14. The summed E-state index contributed by atoms with van der Waals surface area (Å²) in [6, 6.07) is 7.04. The van der Waals surface area contributed by atoms with Crippen molar-refractivity contribution in [3.8, 4) is 5.75 Å². The Morgan fingerprint density at radius 1 is 1.11 bits per heavy atom. The third-order valence-electron chi connectivity index (χ3n) is 7.45. The fourth-order valence-electron chi connectivity index (χ4n) is 5.65. The topological polar surface area (TPSA) is 61.4 Å². The number of anilines is 1. The molecule has 9 heteroatoms. The standard InChI is InChI=1S/C27H31ClF3N3O2/c1-25(2,21-13-19(28)10-17-6-9-36-24(17)21)16-26(35,27(29,30)31)14-20-11-18-12-23(32-15-22(18)33-20)34-7-4-3-5-8-34/h10-13,15,33,35H,3-9,14,16H2,1-2H3. The molecule has 0 aliphatic carbocycles. The number of H-pyrrole nitrogens is 1. The molecule has 1 saturated heterocycles. The van der Waals surface area contributed by atoms with Gasteiger partial charge in [0.25, 0.3) is 0 Å². The number of aliphatic hydroxyl groups is 1. The van der Waals surface area contributed by atoms with Crippen LogP contribution >= 0.6 is 11.6 Å². The molecule has 0 bridgehead atoms. The molecule has 0 amide bonds. The Bertz CT molecular complexity index is 1270. The summed E-state index contributed by atoms with van der Waals surface area (Å²) in [5.41, 5.74) is -1.60. The third-order valence-corrected chi connectivity index (χ3v) is 7.67. The summed E-state index contributed by atoms with van der Waals surface area (Å²) >= 11 is 6.28. The largest absolute Gasteiger partial charge is 0.493 e. The van der Waals surface area contributed by atoms with Gasteiger partial charge in [-0.1, -0.05) is 25.4 Å². The molecule has 1 unspecified atom stereocenters. The lowest BCUT2D eigenvalue weighted by molar-refractivity contribution is -0.266. The van der Waals surface area contributed by atoms with Crippen molar-refractivity contribution in [3.05, 3.63) is 52.3 Å². The Morgan fingerprint density at radius 3 is 2.58 bits per heavy atom. The van der Waals surface area contributed by atoms with Crippen LogP contribution in [-0.4, -0.2) is 46.5 Å². The number of benzene rings is 1. The number of ether oxygens (including phenoxy) is 1. The molecule has 5 nitrogen and oxygen atoms in total. The van der Waals surface area contributed by atoms with Crippen molar-refractivity contribution in [1.82, 2.24) is 9.97 Å². The van der Waals surface area contributed by atoms with Crippen molar-refractivity contribution in [2.24, 2.45) is 0 Å². The minimum absolute atomic E-state index is 0.311. The van der Waals surface area contributed by atoms with E-state index in [-0.39, 0.29) is 0 Å². The minimum Gasteiger partial charge on any atom is -0.493 e. The van der Waals surface area contributed by atoms with Gasteiger partial charge in [-0.3, -0.25) is 0 Å². The van der Waals surface area contributed by atoms with Gasteiger partial charge in [-0.05, 0) is 60.9 Å². The Labute approximate surface area is 213 Å². The Hall–Kier alpha value is -2.45. The number of aromatic nitrogens is 2. The van der Waals surface area contributed by atoms with E-state index in [0.29, 0.717) is 40.6 Å². The van der Waals surface area contributed by atoms with E-state index in [9.17, 15) is 18.3 Å². The maximum atomic E-state index is 14.4. The number of rotatable bonds is 6. The van der Waals surface area contributed by atoms with Crippen molar-refractivity contribution < 1.29 is 23.0 Å². The molecular formula is C27H31ClF3N3O2. The van der Waals surface area contributed by atoms with E-state index in [1.165, 1.54) is 6.42 Å². The van der Waals surface area contributed by atoms with Gasteiger partial charge in [0.1, 0.15) is 11.6 Å². The molecule has 1 atom stereocenters.